The Bertz CT molecular complexity index is 314. The van der Waals surface area contributed by atoms with E-state index in [1.54, 1.807) is 0 Å². The van der Waals surface area contributed by atoms with Crippen LogP contribution in [0.4, 0.5) is 0 Å². The van der Waals surface area contributed by atoms with E-state index in [9.17, 15) is 13.2 Å². The van der Waals surface area contributed by atoms with Crippen LogP contribution in [-0.2, 0) is 19.6 Å². The molecule has 1 saturated heterocycles. The van der Waals surface area contributed by atoms with Gasteiger partial charge in [-0.25, -0.2) is 12.7 Å². The van der Waals surface area contributed by atoms with Crippen LogP contribution in [0.2, 0.25) is 6.82 Å². The minimum atomic E-state index is -3.47. The number of rotatable bonds is 4. The molecule has 7 heteroatoms. The molecular weight excluding hydrogens is 205 g/mol. The SMILES string of the molecule is C[B][C@@H]1CCN1S(=O)(=O)CC(=O)OC. The Morgan fingerprint density at radius 1 is 1.64 bits per heavy atom. The van der Waals surface area contributed by atoms with Crippen LogP contribution in [0.3, 0.4) is 0 Å². The van der Waals surface area contributed by atoms with Gasteiger partial charge in [0.1, 0.15) is 7.28 Å². The average molecular weight is 218 g/mol. The molecule has 5 nitrogen and oxygen atoms in total. The fourth-order valence-corrected chi connectivity index (χ4v) is 2.96. The summed E-state index contributed by atoms with van der Waals surface area (Å²) in [6.45, 7) is 2.30. The van der Waals surface area contributed by atoms with Gasteiger partial charge in [-0.3, -0.25) is 4.79 Å². The Hall–Kier alpha value is -0.555. The quantitative estimate of drug-likeness (QED) is 0.461. The Balaban J connectivity index is 2.62. The molecule has 0 aromatic heterocycles. The number of nitrogens with zero attached hydrogens (tertiary/aromatic N) is 1. The first kappa shape index (κ1) is 11.5. The Labute approximate surface area is 84.7 Å². The van der Waals surface area contributed by atoms with Gasteiger partial charge in [-0.15, -0.1) is 0 Å². The molecule has 1 aliphatic heterocycles. The molecule has 1 radical (unpaired) electrons. The average Bonchev–Trinajstić information content (AvgIpc) is 2.01. The zero-order valence-corrected chi connectivity index (χ0v) is 9.08. The first-order chi connectivity index (χ1) is 6.51. The highest BCUT2D eigenvalue weighted by atomic mass is 32.2. The largest absolute Gasteiger partial charge is 0.468 e. The number of carbonyl (C=O) groups excluding carboxylic acids is 1. The Morgan fingerprint density at radius 3 is 2.64 bits per heavy atom. The molecule has 0 aliphatic carbocycles. The van der Waals surface area contributed by atoms with Crippen molar-refractivity contribution >= 4 is 23.3 Å². The molecule has 0 spiro atoms. The van der Waals surface area contributed by atoms with Gasteiger partial charge in [0.05, 0.1) is 7.11 Å². The number of ether oxygens (including phenoxy) is 1. The van der Waals surface area contributed by atoms with Gasteiger partial charge in [0, 0.05) is 6.54 Å². The van der Waals surface area contributed by atoms with Crippen LogP contribution in [-0.4, -0.2) is 51.3 Å². The maximum atomic E-state index is 11.6. The fourth-order valence-electron chi connectivity index (χ4n) is 1.35. The predicted octanol–water partition coefficient (Wildman–Crippen LogP) is -0.727. The molecule has 0 amide bonds. The van der Waals surface area contributed by atoms with E-state index in [1.807, 2.05) is 14.1 Å². The molecule has 1 aliphatic rings. The molecule has 14 heavy (non-hydrogen) atoms. The van der Waals surface area contributed by atoms with E-state index in [4.69, 9.17) is 0 Å². The summed E-state index contributed by atoms with van der Waals surface area (Å²) in [5.41, 5.74) is 0. The third kappa shape index (κ3) is 2.27. The lowest BCUT2D eigenvalue weighted by molar-refractivity contribution is -0.137. The van der Waals surface area contributed by atoms with Crippen molar-refractivity contribution < 1.29 is 17.9 Å². The topological polar surface area (TPSA) is 63.7 Å². The van der Waals surface area contributed by atoms with Crippen LogP contribution >= 0.6 is 0 Å². The summed E-state index contributed by atoms with van der Waals surface area (Å²) in [6, 6.07) is 0. The van der Waals surface area contributed by atoms with Gasteiger partial charge in [-0.2, -0.15) is 0 Å². The van der Waals surface area contributed by atoms with E-state index in [1.165, 1.54) is 11.4 Å². The summed E-state index contributed by atoms with van der Waals surface area (Å²) in [7, 11) is -0.473. The summed E-state index contributed by atoms with van der Waals surface area (Å²) in [5.74, 6) is -1.33. The monoisotopic (exact) mass is 218 g/mol. The van der Waals surface area contributed by atoms with Gasteiger partial charge < -0.3 is 4.74 Å². The van der Waals surface area contributed by atoms with Crippen LogP contribution in [0.1, 0.15) is 6.42 Å². The van der Waals surface area contributed by atoms with Crippen LogP contribution in [0.25, 0.3) is 0 Å². The first-order valence-corrected chi connectivity index (χ1v) is 5.98. The molecule has 0 N–H and O–H groups in total. The molecule has 1 rings (SSSR count). The lowest BCUT2D eigenvalue weighted by atomic mass is 9.68. The third-order valence-electron chi connectivity index (χ3n) is 2.29. The van der Waals surface area contributed by atoms with Gasteiger partial charge >= 0.3 is 5.97 Å². The van der Waals surface area contributed by atoms with Crippen LogP contribution in [0.5, 0.6) is 0 Å². The van der Waals surface area contributed by atoms with Gasteiger partial charge in [0.15, 0.2) is 5.75 Å². The minimum Gasteiger partial charge on any atom is -0.468 e. The van der Waals surface area contributed by atoms with Crippen molar-refractivity contribution in [1.29, 1.82) is 0 Å². The number of hydrogen-bond donors (Lipinski definition) is 0. The summed E-state index contributed by atoms with van der Waals surface area (Å²) < 4.78 is 28.8. The molecule has 1 fully saturated rings. The van der Waals surface area contributed by atoms with Crippen molar-refractivity contribution in [2.24, 2.45) is 0 Å². The molecular formula is C7H13BNO4S. The van der Waals surface area contributed by atoms with E-state index in [0.29, 0.717) is 6.54 Å². The van der Waals surface area contributed by atoms with E-state index in [-0.39, 0.29) is 5.94 Å². The predicted molar refractivity (Wildman–Crippen MR) is 52.5 cm³/mol. The number of methoxy groups -OCH3 is 1. The molecule has 0 unspecified atom stereocenters. The van der Waals surface area contributed by atoms with E-state index < -0.39 is 21.7 Å². The Morgan fingerprint density at radius 2 is 2.29 bits per heavy atom. The molecule has 1 atom stereocenters. The fraction of sp³-hybridized carbons (Fsp3) is 0.857. The van der Waals surface area contributed by atoms with Crippen molar-refractivity contribution in [1.82, 2.24) is 4.31 Å². The number of sulfonamides is 1. The smallest absolute Gasteiger partial charge is 0.322 e. The zero-order valence-electron chi connectivity index (χ0n) is 8.26. The summed E-state index contributed by atoms with van der Waals surface area (Å²) in [4.78, 5) is 10.8. The summed E-state index contributed by atoms with van der Waals surface area (Å²) in [6.07, 6.45) is 0.830. The summed E-state index contributed by atoms with van der Waals surface area (Å²) in [5, 5.41) is 0. The highest BCUT2D eigenvalue weighted by Crippen LogP contribution is 2.20. The molecule has 0 bridgehead atoms. The second-order valence-corrected chi connectivity index (χ2v) is 5.05. The van der Waals surface area contributed by atoms with Crippen molar-refractivity contribution in [3.8, 4) is 0 Å². The summed E-state index contributed by atoms with van der Waals surface area (Å²) >= 11 is 0. The highest BCUT2D eigenvalue weighted by molar-refractivity contribution is 7.89. The van der Waals surface area contributed by atoms with Gasteiger partial charge in [0.25, 0.3) is 0 Å². The molecule has 1 heterocycles. The van der Waals surface area contributed by atoms with Crippen molar-refractivity contribution in [3.63, 3.8) is 0 Å². The third-order valence-corrected chi connectivity index (χ3v) is 4.05. The van der Waals surface area contributed by atoms with Crippen molar-refractivity contribution in [3.05, 3.63) is 0 Å². The van der Waals surface area contributed by atoms with Gasteiger partial charge in [-0.05, 0) is 12.4 Å². The number of esters is 1. The molecule has 0 saturated carbocycles. The number of carbonyl (C=O) groups is 1. The lowest BCUT2D eigenvalue weighted by Crippen LogP contribution is -2.54. The highest BCUT2D eigenvalue weighted by Gasteiger charge is 2.37. The van der Waals surface area contributed by atoms with E-state index >= 15 is 0 Å². The maximum absolute atomic E-state index is 11.6. The van der Waals surface area contributed by atoms with Crippen LogP contribution in [0, 0.1) is 0 Å². The van der Waals surface area contributed by atoms with Gasteiger partial charge in [0.2, 0.25) is 10.0 Å². The molecule has 0 aromatic carbocycles. The second kappa shape index (κ2) is 4.31. The Kier molecular flexibility index (Phi) is 3.55. The second-order valence-electron chi connectivity index (χ2n) is 3.13. The van der Waals surface area contributed by atoms with Crippen molar-refractivity contribution in [2.45, 2.75) is 19.2 Å². The standard InChI is InChI=1S/C7H13BNO4S/c1-8-6-3-4-9(6)14(11,12)5-7(10)13-2/h6H,3-5H2,1-2H3/t6-/m0/s1. The minimum absolute atomic E-state index is 0.0512. The molecule has 0 aromatic rings. The van der Waals surface area contributed by atoms with Crippen molar-refractivity contribution in [2.75, 3.05) is 19.4 Å². The lowest BCUT2D eigenvalue weighted by Gasteiger charge is -2.38. The van der Waals surface area contributed by atoms with E-state index in [2.05, 4.69) is 4.74 Å². The normalized spacial score (nSPS) is 22.6. The maximum Gasteiger partial charge on any atom is 0.322 e. The molecule has 79 valence electrons. The van der Waals surface area contributed by atoms with Crippen LogP contribution < -0.4 is 0 Å². The van der Waals surface area contributed by atoms with E-state index in [0.717, 1.165) is 6.42 Å². The van der Waals surface area contributed by atoms with Gasteiger partial charge in [-0.1, -0.05) is 6.82 Å². The number of hydrogen-bond acceptors (Lipinski definition) is 4. The first-order valence-electron chi connectivity index (χ1n) is 4.37. The van der Waals surface area contributed by atoms with Crippen LogP contribution in [0.15, 0.2) is 0 Å². The zero-order chi connectivity index (χ0) is 10.8.